The van der Waals surface area contributed by atoms with Crippen molar-refractivity contribution in [2.45, 2.75) is 138 Å². The summed E-state index contributed by atoms with van der Waals surface area (Å²) in [5.74, 6) is 2.95. The molecule has 1 aliphatic carbocycles. The van der Waals surface area contributed by atoms with Gasteiger partial charge in [0.1, 0.15) is 36.6 Å². The standard InChI is InChI=1S/C46H64N16O8/c1-7-23-17-29(69-55-23)37-33(63)35(65)43(67-37)61-21-47-31-39(51-45(53-41(31)61)59-15-13-27(19-59)57(3)4)49-25-9-11-26(12-10-25)50-40-32-42(54-46(52-40)60-16-14-28(20-60)58(5)6)62(22-48-32)44-36(66)34(64)38(68-44)30-18-24(8-2)56-70-30/h17-18,21-22,25-28,33-38,43-44,63-66H,7-16,19-20H2,1-6H3,(H,49,51,53)(H,50,52,54)/t25-,26-,27-,28-,33+,34+,35-,36-,37-,38-,43-,44-/m1/s1. The van der Waals surface area contributed by atoms with Crippen molar-refractivity contribution in [3.05, 3.63) is 47.7 Å². The van der Waals surface area contributed by atoms with E-state index in [1.165, 1.54) is 0 Å². The van der Waals surface area contributed by atoms with Crippen molar-refractivity contribution in [1.29, 1.82) is 0 Å². The molecule has 6 N–H and O–H groups in total. The van der Waals surface area contributed by atoms with Gasteiger partial charge in [0.25, 0.3) is 0 Å². The third-order valence-corrected chi connectivity index (χ3v) is 15.0. The summed E-state index contributed by atoms with van der Waals surface area (Å²) < 4.78 is 27.0. The summed E-state index contributed by atoms with van der Waals surface area (Å²) in [5, 5.41) is 60.8. The van der Waals surface area contributed by atoms with Crippen LogP contribution >= 0.6 is 0 Å². The Morgan fingerprint density at radius 3 is 1.36 bits per heavy atom. The maximum atomic E-state index is 11.4. The van der Waals surface area contributed by atoms with Gasteiger partial charge in [-0.1, -0.05) is 24.2 Å². The number of fused-ring (bicyclic) bond motifs is 2. The Morgan fingerprint density at radius 2 is 1.00 bits per heavy atom. The highest BCUT2D eigenvalue weighted by Crippen LogP contribution is 2.43. The molecule has 0 spiro atoms. The van der Waals surface area contributed by atoms with E-state index < -0.39 is 49.1 Å². The monoisotopic (exact) mass is 969 g/mol. The minimum Gasteiger partial charge on any atom is -0.387 e. The fraction of sp³-hybridized carbons (Fsp3) is 0.652. The number of hydrogen-bond donors (Lipinski definition) is 6. The highest BCUT2D eigenvalue weighted by atomic mass is 16.6. The smallest absolute Gasteiger partial charge is 0.229 e. The molecule has 1 saturated carbocycles. The topological polar surface area (TPSA) is 276 Å². The molecule has 11 rings (SSSR count). The van der Waals surface area contributed by atoms with Crippen LogP contribution in [-0.2, 0) is 22.3 Å². The molecule has 10 atom stereocenters. The van der Waals surface area contributed by atoms with E-state index in [9.17, 15) is 20.4 Å². The summed E-state index contributed by atoms with van der Waals surface area (Å²) in [6.07, 6.45) is 0.606. The Bertz CT molecular complexity index is 2600. The number of aryl methyl sites for hydroxylation is 2. The number of likely N-dealkylation sites (N-methyl/N-ethyl adjacent to an activating group) is 2. The van der Waals surface area contributed by atoms with Crippen molar-refractivity contribution in [3.8, 4) is 0 Å². The largest absolute Gasteiger partial charge is 0.387 e. The second-order valence-electron chi connectivity index (χ2n) is 19.9. The van der Waals surface area contributed by atoms with Gasteiger partial charge in [-0.3, -0.25) is 9.13 Å². The van der Waals surface area contributed by atoms with Gasteiger partial charge in [0.05, 0.1) is 24.0 Å². The number of anilines is 4. The van der Waals surface area contributed by atoms with Crippen molar-refractivity contribution >= 4 is 45.9 Å². The fourth-order valence-electron chi connectivity index (χ4n) is 10.6. The Hall–Kier alpha value is -5.60. The summed E-state index contributed by atoms with van der Waals surface area (Å²) >= 11 is 0. The second-order valence-corrected chi connectivity index (χ2v) is 19.9. The van der Waals surface area contributed by atoms with Gasteiger partial charge in [-0.05, 0) is 79.6 Å². The highest BCUT2D eigenvalue weighted by molar-refractivity contribution is 5.85. The van der Waals surface area contributed by atoms with E-state index in [1.807, 2.05) is 13.8 Å². The van der Waals surface area contributed by atoms with E-state index in [2.05, 4.69) is 68.7 Å². The molecule has 5 aliphatic rings. The Morgan fingerprint density at radius 1 is 0.586 bits per heavy atom. The van der Waals surface area contributed by atoms with E-state index in [4.69, 9.17) is 48.4 Å². The summed E-state index contributed by atoms with van der Waals surface area (Å²) in [6, 6.07) is 4.25. The van der Waals surface area contributed by atoms with Gasteiger partial charge in [-0.25, -0.2) is 9.97 Å². The number of rotatable bonds is 14. The summed E-state index contributed by atoms with van der Waals surface area (Å²) in [5.41, 5.74) is 3.45. The van der Waals surface area contributed by atoms with Crippen LogP contribution in [0.3, 0.4) is 0 Å². The van der Waals surface area contributed by atoms with Gasteiger partial charge >= 0.3 is 0 Å². The third-order valence-electron chi connectivity index (χ3n) is 15.0. The maximum Gasteiger partial charge on any atom is 0.229 e. The van der Waals surface area contributed by atoms with Crippen molar-refractivity contribution in [3.63, 3.8) is 0 Å². The van der Waals surface area contributed by atoms with Crippen LogP contribution in [0, 0.1) is 0 Å². The number of ether oxygens (including phenoxy) is 2. The number of aromatic nitrogens is 10. The molecule has 24 nitrogen and oxygen atoms in total. The second kappa shape index (κ2) is 18.9. The molecule has 5 fully saturated rings. The van der Waals surface area contributed by atoms with Gasteiger partial charge < -0.3 is 69.2 Å². The van der Waals surface area contributed by atoms with Gasteiger partial charge in [-0.2, -0.15) is 19.9 Å². The molecule has 24 heteroatoms. The van der Waals surface area contributed by atoms with Crippen LogP contribution in [0.4, 0.5) is 23.5 Å². The summed E-state index contributed by atoms with van der Waals surface area (Å²) in [6.45, 7) is 6.97. The minimum absolute atomic E-state index is 0.0480. The zero-order chi connectivity index (χ0) is 48.5. The van der Waals surface area contributed by atoms with E-state index in [-0.39, 0.29) is 12.1 Å². The first-order valence-electron chi connectivity index (χ1n) is 24.6. The van der Waals surface area contributed by atoms with Crippen LogP contribution < -0.4 is 20.4 Å². The van der Waals surface area contributed by atoms with Crippen LogP contribution in [0.5, 0.6) is 0 Å². The fourth-order valence-corrected chi connectivity index (χ4v) is 10.6. The lowest BCUT2D eigenvalue weighted by Crippen LogP contribution is -2.34. The van der Waals surface area contributed by atoms with Crippen LogP contribution in [0.25, 0.3) is 22.3 Å². The minimum atomic E-state index is -1.30. The average molecular weight is 969 g/mol. The molecule has 0 aromatic carbocycles. The molecule has 0 unspecified atom stereocenters. The first-order valence-corrected chi connectivity index (χ1v) is 24.6. The van der Waals surface area contributed by atoms with Crippen LogP contribution in [0.2, 0.25) is 0 Å². The number of aliphatic hydroxyl groups excluding tert-OH is 4. The summed E-state index contributed by atoms with van der Waals surface area (Å²) in [4.78, 5) is 38.7. The van der Waals surface area contributed by atoms with Gasteiger partial charge in [0.15, 0.2) is 57.9 Å². The van der Waals surface area contributed by atoms with Gasteiger partial charge in [-0.15, -0.1) is 0 Å². The average Bonchev–Trinajstić information content (AvgIpc) is 4.22. The molecular weight excluding hydrogens is 905 g/mol. The number of nitrogens with one attached hydrogen (secondary N) is 2. The summed E-state index contributed by atoms with van der Waals surface area (Å²) in [7, 11) is 8.32. The Balaban J connectivity index is 0.843. The van der Waals surface area contributed by atoms with Crippen molar-refractivity contribution in [2.75, 3.05) is 74.8 Å². The molecule has 10 heterocycles. The molecule has 6 aromatic heterocycles. The van der Waals surface area contributed by atoms with E-state index in [0.29, 0.717) is 82.3 Å². The highest BCUT2D eigenvalue weighted by Gasteiger charge is 2.48. The molecular formula is C46H64N16O8. The lowest BCUT2D eigenvalue weighted by Gasteiger charge is -2.31. The molecule has 6 aromatic rings. The van der Waals surface area contributed by atoms with Crippen molar-refractivity contribution in [2.24, 2.45) is 0 Å². The SMILES string of the molecule is CCc1cc([C@H]2O[C@@H](n3cnc4c(N[C@H]5CC[C@H](Nc6nc(N7CC[C@@H](N(C)C)C7)nc7c6ncn7[C@@H]6O[C@H](c7cc(CC)no7)[C@@H](O)[C@H]6O)CC5)nc(N5CC[C@@H](N(C)C)C5)nc43)[C@H](O)[C@@H]2O)on1. The van der Waals surface area contributed by atoms with Crippen LogP contribution in [0.15, 0.2) is 33.8 Å². The van der Waals surface area contributed by atoms with Crippen molar-refractivity contribution < 1.29 is 38.9 Å². The predicted molar refractivity (Wildman–Crippen MR) is 254 cm³/mol. The van der Waals surface area contributed by atoms with Crippen LogP contribution in [0.1, 0.15) is 99.9 Å². The molecule has 0 radical (unpaired) electrons. The molecule has 4 saturated heterocycles. The quantitative estimate of drug-likeness (QED) is 0.0913. The number of nitrogens with zero attached hydrogens (tertiary/aromatic N) is 14. The Kier molecular flexibility index (Phi) is 12.6. The number of hydrogen-bond acceptors (Lipinski definition) is 22. The van der Waals surface area contributed by atoms with Gasteiger partial charge in [0.2, 0.25) is 11.9 Å². The normalized spacial score (nSPS) is 30.6. The molecule has 0 bridgehead atoms. The van der Waals surface area contributed by atoms with E-state index in [0.717, 1.165) is 76.1 Å². The number of aliphatic hydroxyl groups is 4. The number of imidazole rings is 2. The molecule has 376 valence electrons. The molecule has 0 amide bonds. The zero-order valence-electron chi connectivity index (χ0n) is 40.4. The maximum absolute atomic E-state index is 11.4. The lowest BCUT2D eigenvalue weighted by atomic mass is 9.91. The van der Waals surface area contributed by atoms with E-state index in [1.54, 1.807) is 33.9 Å². The Labute approximate surface area is 404 Å². The van der Waals surface area contributed by atoms with Gasteiger partial charge in [0, 0.05) is 62.5 Å². The lowest BCUT2D eigenvalue weighted by molar-refractivity contribution is -0.0434. The molecule has 70 heavy (non-hydrogen) atoms. The third kappa shape index (κ3) is 8.50. The van der Waals surface area contributed by atoms with Crippen LogP contribution in [-0.4, -0.2) is 183 Å². The van der Waals surface area contributed by atoms with Crippen molar-refractivity contribution in [1.82, 2.24) is 59.2 Å². The first-order chi connectivity index (χ1) is 33.8. The predicted octanol–water partition coefficient (Wildman–Crippen LogP) is 2.17. The zero-order valence-corrected chi connectivity index (χ0v) is 40.4. The molecule has 4 aliphatic heterocycles. The van der Waals surface area contributed by atoms with E-state index >= 15 is 0 Å². The first kappa shape index (κ1) is 46.8.